The van der Waals surface area contributed by atoms with Crippen molar-refractivity contribution in [3.8, 4) is 0 Å². The molecule has 0 unspecified atom stereocenters. The molecular weight excluding hydrogens is 328 g/mol. The number of anilines is 1. The Balaban J connectivity index is 1.74. The van der Waals surface area contributed by atoms with Crippen LogP contribution in [0.1, 0.15) is 30.4 Å². The molecule has 0 aliphatic rings. The summed E-state index contributed by atoms with van der Waals surface area (Å²) in [4.78, 5) is 14.7. The Kier molecular flexibility index (Phi) is 4.76. The van der Waals surface area contributed by atoms with Gasteiger partial charge in [0.25, 0.3) is 0 Å². The molecule has 0 aliphatic heterocycles. The fourth-order valence-corrected chi connectivity index (χ4v) is 2.68. The smallest absolute Gasteiger partial charge is 0.220 e. The average molecular weight is 347 g/mol. The van der Waals surface area contributed by atoms with Crippen LogP contribution >= 0.6 is 11.6 Å². The predicted octanol–water partition coefficient (Wildman–Crippen LogP) is 3.76. The lowest BCUT2D eigenvalue weighted by Crippen LogP contribution is -2.21. The largest absolute Gasteiger partial charge is 0.363 e. The van der Waals surface area contributed by atoms with E-state index in [-0.39, 0.29) is 5.91 Å². The van der Waals surface area contributed by atoms with E-state index in [0.29, 0.717) is 30.4 Å². The molecule has 2 heterocycles. The second-order valence-corrected chi connectivity index (χ2v) is 6.04. The van der Waals surface area contributed by atoms with Gasteiger partial charge in [0, 0.05) is 40.7 Å². The van der Waals surface area contributed by atoms with E-state index in [1.807, 2.05) is 38.1 Å². The lowest BCUT2D eigenvalue weighted by molar-refractivity contribution is -0.120. The van der Waals surface area contributed by atoms with Gasteiger partial charge in [0.2, 0.25) is 5.91 Å². The van der Waals surface area contributed by atoms with Crippen molar-refractivity contribution < 1.29 is 9.32 Å². The van der Waals surface area contributed by atoms with Crippen molar-refractivity contribution >= 4 is 34.2 Å². The minimum Gasteiger partial charge on any atom is -0.363 e. The van der Waals surface area contributed by atoms with E-state index in [2.05, 4.69) is 20.8 Å². The van der Waals surface area contributed by atoms with Crippen molar-refractivity contribution in [3.05, 3.63) is 46.3 Å². The highest BCUT2D eigenvalue weighted by atomic mass is 35.5. The van der Waals surface area contributed by atoms with Crippen LogP contribution in [0.25, 0.3) is 10.9 Å². The summed E-state index contributed by atoms with van der Waals surface area (Å²) >= 11 is 6.37. The Bertz CT molecular complexity index is 869. The molecule has 2 aromatic heterocycles. The zero-order valence-electron chi connectivity index (χ0n) is 13.6. The number of benzene rings is 1. The van der Waals surface area contributed by atoms with Gasteiger partial charge in [0.05, 0.1) is 6.54 Å². The molecule has 1 amide bonds. The van der Waals surface area contributed by atoms with Gasteiger partial charge >= 0.3 is 0 Å². The average Bonchev–Trinajstić information content (AvgIpc) is 3.15. The molecule has 0 aliphatic carbocycles. The molecule has 3 rings (SSSR count). The van der Waals surface area contributed by atoms with Crippen LogP contribution in [-0.4, -0.2) is 16.0 Å². The molecule has 0 fully saturated rings. The highest BCUT2D eigenvalue weighted by Crippen LogP contribution is 2.25. The number of aromatic nitrogens is 2. The van der Waals surface area contributed by atoms with Gasteiger partial charge in [0.1, 0.15) is 5.76 Å². The Morgan fingerprint density at radius 3 is 2.83 bits per heavy atom. The van der Waals surface area contributed by atoms with E-state index in [1.54, 1.807) is 0 Å². The molecule has 0 bridgehead atoms. The SMILES string of the molecule is CCC(=O)NCc1cc2cc(Cl)c(CNc3cc(C)on3)cc2[nH]1. The molecule has 24 heavy (non-hydrogen) atoms. The third-order valence-electron chi connectivity index (χ3n) is 3.73. The van der Waals surface area contributed by atoms with Gasteiger partial charge in [-0.25, -0.2) is 0 Å². The van der Waals surface area contributed by atoms with Crippen molar-refractivity contribution in [2.24, 2.45) is 0 Å². The number of H-pyrrole nitrogens is 1. The van der Waals surface area contributed by atoms with E-state index in [4.69, 9.17) is 16.1 Å². The maximum Gasteiger partial charge on any atom is 0.220 e. The van der Waals surface area contributed by atoms with Crippen LogP contribution in [0.15, 0.2) is 28.8 Å². The Hall–Kier alpha value is -2.47. The van der Waals surface area contributed by atoms with Crippen LogP contribution in [0.2, 0.25) is 5.02 Å². The van der Waals surface area contributed by atoms with Gasteiger partial charge < -0.3 is 20.1 Å². The molecule has 1 aromatic carbocycles. The standard InChI is InChI=1S/C17H19ClN4O2/c1-3-17(23)20-9-13-5-11-6-14(18)12(7-15(11)21-13)8-19-16-4-10(2)24-22-16/h4-7,21H,3,8-9H2,1-2H3,(H,19,22)(H,20,23). The van der Waals surface area contributed by atoms with Crippen molar-refractivity contribution in [1.82, 2.24) is 15.5 Å². The van der Waals surface area contributed by atoms with Crippen LogP contribution in [0, 0.1) is 6.92 Å². The fourth-order valence-electron chi connectivity index (χ4n) is 2.44. The van der Waals surface area contributed by atoms with Crippen molar-refractivity contribution in [2.45, 2.75) is 33.4 Å². The van der Waals surface area contributed by atoms with E-state index in [0.717, 1.165) is 27.9 Å². The second kappa shape index (κ2) is 6.97. The molecule has 3 aromatic rings. The number of carbonyl (C=O) groups excluding carboxylic acids is 1. The lowest BCUT2D eigenvalue weighted by Gasteiger charge is -2.05. The number of nitrogens with zero attached hydrogens (tertiary/aromatic N) is 1. The van der Waals surface area contributed by atoms with Gasteiger partial charge in [-0.3, -0.25) is 4.79 Å². The molecule has 7 heteroatoms. The van der Waals surface area contributed by atoms with Crippen molar-refractivity contribution in [3.63, 3.8) is 0 Å². The summed E-state index contributed by atoms with van der Waals surface area (Å²) < 4.78 is 5.03. The quantitative estimate of drug-likeness (QED) is 0.634. The van der Waals surface area contributed by atoms with E-state index in [9.17, 15) is 4.79 Å². The Labute approximate surface area is 144 Å². The van der Waals surface area contributed by atoms with Crippen LogP contribution in [0.4, 0.5) is 5.82 Å². The number of fused-ring (bicyclic) bond motifs is 1. The molecule has 0 saturated carbocycles. The first-order valence-corrected chi connectivity index (χ1v) is 8.17. The number of halogens is 1. The van der Waals surface area contributed by atoms with Crippen LogP contribution in [0.3, 0.4) is 0 Å². The minimum atomic E-state index is 0.0273. The van der Waals surface area contributed by atoms with Gasteiger partial charge in [-0.05, 0) is 30.7 Å². The zero-order valence-corrected chi connectivity index (χ0v) is 14.3. The molecule has 0 saturated heterocycles. The van der Waals surface area contributed by atoms with Crippen molar-refractivity contribution in [1.29, 1.82) is 0 Å². The molecule has 0 radical (unpaired) electrons. The summed E-state index contributed by atoms with van der Waals surface area (Å²) in [6.45, 7) is 4.69. The normalized spacial score (nSPS) is 11.0. The van der Waals surface area contributed by atoms with Gasteiger partial charge in [-0.2, -0.15) is 0 Å². The van der Waals surface area contributed by atoms with Gasteiger partial charge in [-0.15, -0.1) is 0 Å². The van der Waals surface area contributed by atoms with Crippen LogP contribution in [-0.2, 0) is 17.9 Å². The third-order valence-corrected chi connectivity index (χ3v) is 4.08. The minimum absolute atomic E-state index is 0.0273. The molecule has 0 spiro atoms. The van der Waals surface area contributed by atoms with Crippen LogP contribution in [0.5, 0.6) is 0 Å². The highest BCUT2D eigenvalue weighted by Gasteiger charge is 2.08. The number of nitrogens with one attached hydrogen (secondary N) is 3. The second-order valence-electron chi connectivity index (χ2n) is 5.63. The number of carbonyl (C=O) groups is 1. The molecule has 6 nitrogen and oxygen atoms in total. The van der Waals surface area contributed by atoms with E-state index >= 15 is 0 Å². The summed E-state index contributed by atoms with van der Waals surface area (Å²) in [6, 6.07) is 7.75. The molecule has 0 atom stereocenters. The first-order chi connectivity index (χ1) is 11.5. The molecular formula is C17H19ClN4O2. The topological polar surface area (TPSA) is 82.9 Å². The maximum atomic E-state index is 11.4. The summed E-state index contributed by atoms with van der Waals surface area (Å²) in [5, 5.41) is 11.6. The summed E-state index contributed by atoms with van der Waals surface area (Å²) in [5.74, 6) is 1.46. The predicted molar refractivity (Wildman–Crippen MR) is 94.0 cm³/mol. The fraction of sp³-hybridized carbons (Fsp3) is 0.294. The maximum absolute atomic E-state index is 11.4. The summed E-state index contributed by atoms with van der Waals surface area (Å²) in [6.07, 6.45) is 0.476. The highest BCUT2D eigenvalue weighted by molar-refractivity contribution is 6.32. The van der Waals surface area contributed by atoms with Gasteiger partial charge in [0.15, 0.2) is 5.82 Å². The number of amides is 1. The number of hydrogen-bond acceptors (Lipinski definition) is 4. The van der Waals surface area contributed by atoms with Crippen molar-refractivity contribution in [2.75, 3.05) is 5.32 Å². The monoisotopic (exact) mass is 346 g/mol. The zero-order chi connectivity index (χ0) is 17.1. The molecule has 126 valence electrons. The Morgan fingerprint density at radius 2 is 2.12 bits per heavy atom. The number of rotatable bonds is 6. The first-order valence-electron chi connectivity index (χ1n) is 7.79. The lowest BCUT2D eigenvalue weighted by atomic mass is 10.1. The number of aryl methyl sites for hydroxylation is 1. The third kappa shape index (κ3) is 3.71. The van der Waals surface area contributed by atoms with E-state index < -0.39 is 0 Å². The number of aromatic amines is 1. The van der Waals surface area contributed by atoms with Crippen LogP contribution < -0.4 is 10.6 Å². The first kappa shape index (κ1) is 16.4. The summed E-state index contributed by atoms with van der Waals surface area (Å²) in [7, 11) is 0. The van der Waals surface area contributed by atoms with E-state index in [1.165, 1.54) is 0 Å². The summed E-state index contributed by atoms with van der Waals surface area (Å²) in [5.41, 5.74) is 2.88. The van der Waals surface area contributed by atoms with Gasteiger partial charge in [-0.1, -0.05) is 23.7 Å². The Morgan fingerprint density at radius 1 is 1.29 bits per heavy atom. The number of hydrogen-bond donors (Lipinski definition) is 3. The molecule has 3 N–H and O–H groups in total.